The number of carbonyl (C=O) groups excluding carboxylic acids is 1. The number of amides is 1. The van der Waals surface area contributed by atoms with Crippen LogP contribution in [0.5, 0.6) is 0 Å². The third kappa shape index (κ3) is 3.13. The topological polar surface area (TPSA) is 80.0 Å². The maximum atomic E-state index is 11.6. The maximum absolute atomic E-state index is 11.6. The molecule has 1 aromatic heterocycles. The van der Waals surface area contributed by atoms with Crippen LogP contribution in [0.15, 0.2) is 30.3 Å². The fourth-order valence-corrected chi connectivity index (χ4v) is 2.82. The molecule has 0 spiro atoms. The summed E-state index contributed by atoms with van der Waals surface area (Å²) in [5.41, 5.74) is 6.79. The molecular weight excluding hydrogens is 264 g/mol. The first-order valence-electron chi connectivity index (χ1n) is 7.38. The molecular formula is C16H20N4O. The second kappa shape index (κ2) is 6.10. The van der Waals surface area contributed by atoms with Crippen LogP contribution in [-0.4, -0.2) is 30.5 Å². The lowest BCUT2D eigenvalue weighted by molar-refractivity contribution is 0.100. The molecule has 0 bridgehead atoms. The van der Waals surface area contributed by atoms with Crippen LogP contribution >= 0.6 is 0 Å². The lowest BCUT2D eigenvalue weighted by Gasteiger charge is -2.23. The number of pyridine rings is 1. The van der Waals surface area contributed by atoms with Crippen LogP contribution in [0.4, 0.5) is 5.82 Å². The van der Waals surface area contributed by atoms with Crippen LogP contribution in [0.3, 0.4) is 0 Å². The highest BCUT2D eigenvalue weighted by Crippen LogP contribution is 2.21. The average molecular weight is 284 g/mol. The Morgan fingerprint density at radius 3 is 3.05 bits per heavy atom. The lowest BCUT2D eigenvalue weighted by Crippen LogP contribution is -2.33. The van der Waals surface area contributed by atoms with Crippen molar-refractivity contribution in [3.63, 3.8) is 0 Å². The first-order chi connectivity index (χ1) is 10.2. The SMILES string of the molecule is NC(=O)c1cc(NCC2CCCNC2)nc2ccccc12. The predicted molar refractivity (Wildman–Crippen MR) is 84.3 cm³/mol. The lowest BCUT2D eigenvalue weighted by atomic mass is 10.00. The van der Waals surface area contributed by atoms with Gasteiger partial charge in [-0.2, -0.15) is 0 Å². The van der Waals surface area contributed by atoms with Gasteiger partial charge < -0.3 is 16.4 Å². The molecule has 1 aliphatic rings. The summed E-state index contributed by atoms with van der Waals surface area (Å²) in [7, 11) is 0. The number of fused-ring (bicyclic) bond motifs is 1. The van der Waals surface area contributed by atoms with Gasteiger partial charge in [0.15, 0.2) is 0 Å². The Hall–Kier alpha value is -2.14. The Balaban J connectivity index is 1.83. The second-order valence-corrected chi connectivity index (χ2v) is 5.53. The van der Waals surface area contributed by atoms with Gasteiger partial charge in [0.2, 0.25) is 5.91 Å². The van der Waals surface area contributed by atoms with Crippen molar-refractivity contribution >= 4 is 22.6 Å². The molecule has 21 heavy (non-hydrogen) atoms. The zero-order valence-electron chi connectivity index (χ0n) is 11.9. The van der Waals surface area contributed by atoms with Crippen molar-refractivity contribution in [2.24, 2.45) is 11.7 Å². The number of para-hydroxylation sites is 1. The molecule has 1 fully saturated rings. The molecule has 0 saturated carbocycles. The second-order valence-electron chi connectivity index (χ2n) is 5.53. The van der Waals surface area contributed by atoms with Crippen molar-refractivity contribution in [2.45, 2.75) is 12.8 Å². The first-order valence-corrected chi connectivity index (χ1v) is 7.38. The van der Waals surface area contributed by atoms with Gasteiger partial charge in [-0.25, -0.2) is 4.98 Å². The Morgan fingerprint density at radius 1 is 1.43 bits per heavy atom. The summed E-state index contributed by atoms with van der Waals surface area (Å²) in [5.74, 6) is 0.896. The number of primary amides is 1. The maximum Gasteiger partial charge on any atom is 0.249 e. The Kier molecular flexibility index (Phi) is 4.01. The van der Waals surface area contributed by atoms with E-state index in [2.05, 4.69) is 15.6 Å². The molecule has 1 atom stereocenters. The Morgan fingerprint density at radius 2 is 2.29 bits per heavy atom. The zero-order chi connectivity index (χ0) is 14.7. The predicted octanol–water partition coefficient (Wildman–Crippen LogP) is 1.75. The highest BCUT2D eigenvalue weighted by atomic mass is 16.1. The molecule has 2 heterocycles. The monoisotopic (exact) mass is 284 g/mol. The van der Waals surface area contributed by atoms with Gasteiger partial charge in [0.25, 0.3) is 0 Å². The fraction of sp³-hybridized carbons (Fsp3) is 0.375. The van der Waals surface area contributed by atoms with E-state index >= 15 is 0 Å². The van der Waals surface area contributed by atoms with Gasteiger partial charge in [-0.05, 0) is 44.0 Å². The van der Waals surface area contributed by atoms with E-state index in [4.69, 9.17) is 5.73 Å². The number of aromatic nitrogens is 1. The molecule has 0 aliphatic carbocycles. The summed E-state index contributed by atoms with van der Waals surface area (Å²) < 4.78 is 0. The number of anilines is 1. The van der Waals surface area contributed by atoms with Crippen LogP contribution in [0.25, 0.3) is 10.9 Å². The number of carbonyl (C=O) groups is 1. The number of piperidine rings is 1. The van der Waals surface area contributed by atoms with Gasteiger partial charge in [-0.15, -0.1) is 0 Å². The van der Waals surface area contributed by atoms with E-state index < -0.39 is 5.91 Å². The van der Waals surface area contributed by atoms with E-state index in [1.165, 1.54) is 12.8 Å². The van der Waals surface area contributed by atoms with Gasteiger partial charge in [0.1, 0.15) is 5.82 Å². The van der Waals surface area contributed by atoms with Crippen molar-refractivity contribution < 1.29 is 4.79 Å². The summed E-state index contributed by atoms with van der Waals surface area (Å²) in [4.78, 5) is 16.2. The Labute approximate surface area is 123 Å². The number of hydrogen-bond donors (Lipinski definition) is 3. The van der Waals surface area contributed by atoms with E-state index in [1.54, 1.807) is 6.07 Å². The molecule has 1 unspecified atom stereocenters. The molecule has 1 amide bonds. The molecule has 2 aromatic rings. The van der Waals surface area contributed by atoms with Crippen LogP contribution < -0.4 is 16.4 Å². The van der Waals surface area contributed by atoms with Gasteiger partial charge in [0.05, 0.1) is 11.1 Å². The first kappa shape index (κ1) is 13.8. The van der Waals surface area contributed by atoms with E-state index in [0.29, 0.717) is 17.3 Å². The number of hydrogen-bond acceptors (Lipinski definition) is 4. The van der Waals surface area contributed by atoms with Crippen molar-refractivity contribution in [3.8, 4) is 0 Å². The third-order valence-corrected chi connectivity index (χ3v) is 3.95. The molecule has 4 N–H and O–H groups in total. The molecule has 1 aliphatic heterocycles. The largest absolute Gasteiger partial charge is 0.370 e. The average Bonchev–Trinajstić information content (AvgIpc) is 2.53. The number of benzene rings is 1. The van der Waals surface area contributed by atoms with Crippen LogP contribution in [0, 0.1) is 5.92 Å². The van der Waals surface area contributed by atoms with Crippen molar-refractivity contribution in [1.29, 1.82) is 0 Å². The third-order valence-electron chi connectivity index (χ3n) is 3.95. The molecule has 110 valence electrons. The molecule has 5 heteroatoms. The summed E-state index contributed by atoms with van der Waals surface area (Å²) in [6.07, 6.45) is 2.43. The van der Waals surface area contributed by atoms with Crippen molar-refractivity contribution in [2.75, 3.05) is 25.0 Å². The minimum Gasteiger partial charge on any atom is -0.370 e. The number of nitrogens with zero attached hydrogens (tertiary/aromatic N) is 1. The van der Waals surface area contributed by atoms with Crippen molar-refractivity contribution in [3.05, 3.63) is 35.9 Å². The van der Waals surface area contributed by atoms with Crippen molar-refractivity contribution in [1.82, 2.24) is 10.3 Å². The van der Waals surface area contributed by atoms with Gasteiger partial charge in [0, 0.05) is 11.9 Å². The molecule has 3 rings (SSSR count). The highest BCUT2D eigenvalue weighted by molar-refractivity contribution is 6.06. The van der Waals surface area contributed by atoms with E-state index in [0.717, 1.165) is 30.5 Å². The summed E-state index contributed by atoms with van der Waals surface area (Å²) in [6.45, 7) is 3.00. The minimum atomic E-state index is -0.420. The fourth-order valence-electron chi connectivity index (χ4n) is 2.82. The van der Waals surface area contributed by atoms with Crippen LogP contribution in [0.2, 0.25) is 0 Å². The molecule has 0 radical (unpaired) electrons. The summed E-state index contributed by atoms with van der Waals surface area (Å²) in [5, 5.41) is 7.54. The van der Waals surface area contributed by atoms with Gasteiger partial charge in [-0.3, -0.25) is 4.79 Å². The summed E-state index contributed by atoms with van der Waals surface area (Å²) in [6, 6.07) is 9.32. The van der Waals surface area contributed by atoms with E-state index in [9.17, 15) is 4.79 Å². The standard InChI is InChI=1S/C16H20N4O/c17-16(21)13-8-15(19-10-11-4-3-7-18-9-11)20-14-6-2-1-5-12(13)14/h1-2,5-6,8,11,18H,3-4,7,9-10H2,(H2,17,21)(H,19,20). The molecule has 5 nitrogen and oxygen atoms in total. The quantitative estimate of drug-likeness (QED) is 0.799. The minimum absolute atomic E-state index is 0.420. The summed E-state index contributed by atoms with van der Waals surface area (Å²) >= 11 is 0. The van der Waals surface area contributed by atoms with E-state index in [1.807, 2.05) is 24.3 Å². The Bertz CT molecular complexity index is 650. The smallest absolute Gasteiger partial charge is 0.249 e. The normalized spacial score (nSPS) is 18.6. The molecule has 1 aromatic carbocycles. The zero-order valence-corrected chi connectivity index (χ0v) is 11.9. The number of rotatable bonds is 4. The molecule has 1 saturated heterocycles. The van der Waals surface area contributed by atoms with Crippen LogP contribution in [0.1, 0.15) is 23.2 Å². The van der Waals surface area contributed by atoms with Crippen LogP contribution in [-0.2, 0) is 0 Å². The van der Waals surface area contributed by atoms with Gasteiger partial charge in [-0.1, -0.05) is 18.2 Å². The number of nitrogens with two attached hydrogens (primary N) is 1. The number of nitrogens with one attached hydrogen (secondary N) is 2. The van der Waals surface area contributed by atoms with E-state index in [-0.39, 0.29) is 0 Å². The highest BCUT2D eigenvalue weighted by Gasteiger charge is 2.14. The van der Waals surface area contributed by atoms with Gasteiger partial charge >= 0.3 is 0 Å².